The van der Waals surface area contributed by atoms with E-state index in [1.807, 2.05) is 0 Å². The summed E-state index contributed by atoms with van der Waals surface area (Å²) in [6.45, 7) is 9.48. The first-order valence-corrected chi connectivity index (χ1v) is 13.2. The number of Topliss-reactive ketones (excluding diaryl/α,β-unsaturated/α-hetero) is 3. The van der Waals surface area contributed by atoms with Gasteiger partial charge in [0.25, 0.3) is 0 Å². The summed E-state index contributed by atoms with van der Waals surface area (Å²) in [5, 5.41) is 37.8. The third-order valence-electron chi connectivity index (χ3n) is 6.04. The fraction of sp³-hybridized carbons (Fsp3) is 0.382. The van der Waals surface area contributed by atoms with Crippen LogP contribution < -0.4 is 0 Å². The van der Waals surface area contributed by atoms with Crippen molar-refractivity contribution in [3.8, 4) is 0 Å². The van der Waals surface area contributed by atoms with Crippen molar-refractivity contribution in [3.63, 3.8) is 0 Å². The van der Waals surface area contributed by atoms with Crippen LogP contribution in [0.2, 0.25) is 0 Å². The number of carbonyl (C=O) groups excluding carboxylic acids is 3. The van der Waals surface area contributed by atoms with Crippen molar-refractivity contribution in [2.45, 2.75) is 85.6 Å². The van der Waals surface area contributed by atoms with Crippen LogP contribution in [0.1, 0.15) is 96.7 Å². The monoisotopic (exact) mass is 580 g/mol. The van der Waals surface area contributed by atoms with E-state index < -0.39 is 16.8 Å². The zero-order valence-corrected chi connectivity index (χ0v) is 24.5. The zero-order valence-electron chi connectivity index (χ0n) is 24.5. The molecule has 0 saturated heterocycles. The summed E-state index contributed by atoms with van der Waals surface area (Å²) in [6.07, 6.45) is 0. The van der Waals surface area contributed by atoms with Crippen molar-refractivity contribution in [3.05, 3.63) is 106 Å². The Morgan fingerprint density at radius 3 is 0.976 bits per heavy atom. The van der Waals surface area contributed by atoms with Gasteiger partial charge in [-0.05, 0) is 58.2 Å². The van der Waals surface area contributed by atoms with Crippen LogP contribution in [0.15, 0.2) is 72.8 Å². The molecule has 3 aromatic carbocycles. The molecule has 0 heterocycles. The Hall–Kier alpha value is -3.53. The predicted molar refractivity (Wildman–Crippen MR) is 162 cm³/mol. The summed E-state index contributed by atoms with van der Waals surface area (Å²) < 4.78 is 5.67. The summed E-state index contributed by atoms with van der Waals surface area (Å²) in [4.78, 5) is 35.5. The van der Waals surface area contributed by atoms with Crippen LogP contribution >= 0.6 is 0 Å². The summed E-state index contributed by atoms with van der Waals surface area (Å²) >= 11 is 0. The number of ether oxygens (including phenoxy) is 1. The van der Waals surface area contributed by atoms with Gasteiger partial charge >= 0.3 is 0 Å². The van der Waals surface area contributed by atoms with Gasteiger partial charge < -0.3 is 25.2 Å². The van der Waals surface area contributed by atoms with E-state index in [0.717, 1.165) is 16.7 Å². The van der Waals surface area contributed by atoms with E-state index in [1.165, 1.54) is 41.5 Å². The lowest BCUT2D eigenvalue weighted by molar-refractivity contribution is 0.0487. The van der Waals surface area contributed by atoms with Crippen molar-refractivity contribution < 1.29 is 39.5 Å². The fourth-order valence-corrected chi connectivity index (χ4v) is 3.61. The smallest absolute Gasteiger partial charge is 0.193 e. The van der Waals surface area contributed by atoms with E-state index >= 15 is 0 Å². The number of aliphatic hydroxyl groups is 4. The van der Waals surface area contributed by atoms with Crippen LogP contribution in [0.25, 0.3) is 0 Å². The van der Waals surface area contributed by atoms with Gasteiger partial charge in [-0.2, -0.15) is 0 Å². The molecule has 8 heteroatoms. The number of carbonyl (C=O) groups is 3. The molecule has 8 nitrogen and oxygen atoms in total. The van der Waals surface area contributed by atoms with Gasteiger partial charge in [0, 0.05) is 16.7 Å². The molecule has 0 fully saturated rings. The summed E-state index contributed by atoms with van der Waals surface area (Å²) in [6, 6.07) is 20.4. The largest absolute Gasteiger partial charge is 0.392 e. The number of rotatable bonds is 11. The number of aliphatic hydroxyl groups excluding tert-OH is 1. The maximum atomic E-state index is 12.0. The first-order chi connectivity index (χ1) is 18.9. The van der Waals surface area contributed by atoms with Gasteiger partial charge in [0.15, 0.2) is 17.3 Å². The van der Waals surface area contributed by atoms with Crippen LogP contribution in [0, 0.1) is 0 Å². The standard InChI is InChI=1S/C22H26O5.C11H14O3.CH4/c1-21(2,25)19(23)17-9-5-15(6-10-17)13-27-14-16-7-11-18(12-8-16)20(24)22(3,4)26;1-11(2,14)10(13)9-5-3-8(7-12)4-6-9;/h5-12,25-26H,13-14H2,1-4H3;3-6,12,14H,7H2,1-2H3;1H4. The number of hydrogen-bond donors (Lipinski definition) is 4. The molecule has 228 valence electrons. The molecule has 42 heavy (non-hydrogen) atoms. The molecule has 0 unspecified atom stereocenters. The normalized spacial score (nSPS) is 11.6. The quantitative estimate of drug-likeness (QED) is 0.230. The molecule has 0 aromatic heterocycles. The van der Waals surface area contributed by atoms with E-state index in [0.29, 0.717) is 29.9 Å². The van der Waals surface area contributed by atoms with Crippen LogP contribution in [0.4, 0.5) is 0 Å². The molecule has 0 radical (unpaired) electrons. The van der Waals surface area contributed by atoms with Gasteiger partial charge in [-0.25, -0.2) is 0 Å². The second-order valence-corrected chi connectivity index (χ2v) is 11.4. The highest BCUT2D eigenvalue weighted by molar-refractivity contribution is 6.02. The predicted octanol–water partition coefficient (Wildman–Crippen LogP) is 5.08. The lowest BCUT2D eigenvalue weighted by atomic mass is 9.96. The first kappa shape index (κ1) is 36.5. The van der Waals surface area contributed by atoms with Crippen LogP contribution in [0.5, 0.6) is 0 Å². The Kier molecular flexibility index (Phi) is 13.1. The van der Waals surface area contributed by atoms with Crippen molar-refractivity contribution in [1.29, 1.82) is 0 Å². The Labute approximate surface area is 248 Å². The topological polar surface area (TPSA) is 141 Å². The lowest BCUT2D eigenvalue weighted by Gasteiger charge is -2.16. The van der Waals surface area contributed by atoms with Gasteiger partial charge in [0.1, 0.15) is 16.8 Å². The van der Waals surface area contributed by atoms with Crippen LogP contribution in [0.3, 0.4) is 0 Å². The van der Waals surface area contributed by atoms with Crippen molar-refractivity contribution in [2.75, 3.05) is 0 Å². The van der Waals surface area contributed by atoms with Crippen molar-refractivity contribution >= 4 is 17.3 Å². The summed E-state index contributed by atoms with van der Waals surface area (Å²) in [5.74, 6) is -0.965. The lowest BCUT2D eigenvalue weighted by Crippen LogP contribution is -2.31. The van der Waals surface area contributed by atoms with Crippen LogP contribution in [-0.2, 0) is 24.6 Å². The highest BCUT2D eigenvalue weighted by atomic mass is 16.5. The third-order valence-corrected chi connectivity index (χ3v) is 6.04. The maximum absolute atomic E-state index is 12.0. The number of benzene rings is 3. The van der Waals surface area contributed by atoms with Crippen molar-refractivity contribution in [2.24, 2.45) is 0 Å². The SMILES string of the molecule is C.CC(C)(O)C(=O)c1ccc(CO)cc1.CC(C)(O)C(=O)c1ccc(COCc2ccc(C(=O)C(C)(C)O)cc2)cc1. The molecular formula is C34H44O8. The molecule has 0 bridgehead atoms. The molecule has 3 rings (SSSR count). The van der Waals surface area contributed by atoms with Gasteiger partial charge in [-0.1, -0.05) is 80.2 Å². The van der Waals surface area contributed by atoms with Gasteiger partial charge in [0.05, 0.1) is 19.8 Å². The average molecular weight is 581 g/mol. The molecule has 0 aliphatic heterocycles. The zero-order chi connectivity index (χ0) is 31.0. The minimum absolute atomic E-state index is 0. The molecule has 0 aliphatic rings. The highest BCUT2D eigenvalue weighted by Crippen LogP contribution is 2.17. The van der Waals surface area contributed by atoms with E-state index in [2.05, 4.69) is 0 Å². The van der Waals surface area contributed by atoms with Gasteiger partial charge in [0.2, 0.25) is 0 Å². The molecular weight excluding hydrogens is 536 g/mol. The Morgan fingerprint density at radius 1 is 0.524 bits per heavy atom. The first-order valence-electron chi connectivity index (χ1n) is 13.2. The summed E-state index contributed by atoms with van der Waals surface area (Å²) in [5.41, 5.74) is -0.190. The Bertz CT molecular complexity index is 1230. The number of hydrogen-bond acceptors (Lipinski definition) is 8. The minimum atomic E-state index is -1.39. The number of ketones is 3. The fourth-order valence-electron chi connectivity index (χ4n) is 3.61. The Balaban J connectivity index is 0.000000497. The highest BCUT2D eigenvalue weighted by Gasteiger charge is 2.26. The van der Waals surface area contributed by atoms with Crippen molar-refractivity contribution in [1.82, 2.24) is 0 Å². The minimum Gasteiger partial charge on any atom is -0.392 e. The second-order valence-electron chi connectivity index (χ2n) is 11.4. The third kappa shape index (κ3) is 11.0. The average Bonchev–Trinajstić information content (AvgIpc) is 2.91. The van der Waals surface area contributed by atoms with E-state index in [1.54, 1.807) is 72.8 Å². The summed E-state index contributed by atoms with van der Waals surface area (Å²) in [7, 11) is 0. The molecule has 0 aliphatic carbocycles. The Morgan fingerprint density at radius 2 is 0.762 bits per heavy atom. The molecule has 0 atom stereocenters. The van der Waals surface area contributed by atoms with E-state index in [4.69, 9.17) is 9.84 Å². The second kappa shape index (κ2) is 15.1. The van der Waals surface area contributed by atoms with E-state index in [-0.39, 0.29) is 31.4 Å². The molecule has 4 N–H and O–H groups in total. The molecule has 0 amide bonds. The molecule has 0 spiro atoms. The molecule has 3 aromatic rings. The van der Waals surface area contributed by atoms with Gasteiger partial charge in [-0.15, -0.1) is 0 Å². The van der Waals surface area contributed by atoms with Crippen LogP contribution in [-0.4, -0.2) is 54.6 Å². The maximum Gasteiger partial charge on any atom is 0.193 e. The van der Waals surface area contributed by atoms with Gasteiger partial charge in [-0.3, -0.25) is 14.4 Å². The van der Waals surface area contributed by atoms with E-state index in [9.17, 15) is 29.7 Å². The molecule has 0 saturated carbocycles.